The fourth-order valence-electron chi connectivity index (χ4n) is 1.98. The van der Waals surface area contributed by atoms with Gasteiger partial charge in [-0.2, -0.15) is 26.3 Å². The Labute approximate surface area is 121 Å². The summed E-state index contributed by atoms with van der Waals surface area (Å²) in [5.74, 6) is -6.22. The van der Waals surface area contributed by atoms with Crippen molar-refractivity contribution < 1.29 is 36.2 Å². The van der Waals surface area contributed by atoms with Crippen molar-refractivity contribution in [1.82, 2.24) is 5.32 Å². The highest BCUT2D eigenvalue weighted by Gasteiger charge is 2.62. The summed E-state index contributed by atoms with van der Waals surface area (Å²) in [5, 5.41) is 10.7. The van der Waals surface area contributed by atoms with Crippen molar-refractivity contribution >= 4 is 5.97 Å². The molecule has 22 heavy (non-hydrogen) atoms. The van der Waals surface area contributed by atoms with Gasteiger partial charge in [0.25, 0.3) is 0 Å². The van der Waals surface area contributed by atoms with Crippen molar-refractivity contribution in [3.05, 3.63) is 35.9 Å². The van der Waals surface area contributed by atoms with E-state index in [0.29, 0.717) is 5.56 Å². The molecule has 3 nitrogen and oxygen atoms in total. The van der Waals surface area contributed by atoms with Gasteiger partial charge in [0.2, 0.25) is 0 Å². The lowest BCUT2D eigenvalue weighted by Gasteiger charge is -2.30. The van der Waals surface area contributed by atoms with Crippen molar-refractivity contribution in [2.45, 2.75) is 31.4 Å². The molecule has 1 aromatic rings. The smallest absolute Gasteiger partial charge is 0.402 e. The molecule has 0 amide bonds. The van der Waals surface area contributed by atoms with Gasteiger partial charge in [-0.05, 0) is 12.5 Å². The van der Waals surface area contributed by atoms with Gasteiger partial charge in [0.15, 0.2) is 5.92 Å². The van der Waals surface area contributed by atoms with E-state index in [9.17, 15) is 31.1 Å². The Morgan fingerprint density at radius 3 is 1.86 bits per heavy atom. The number of hydrogen-bond donors (Lipinski definition) is 2. The third-order valence-electron chi connectivity index (χ3n) is 3.03. The molecule has 0 aliphatic heterocycles. The number of alkyl halides is 6. The summed E-state index contributed by atoms with van der Waals surface area (Å²) in [6.45, 7) is 1.29. The van der Waals surface area contributed by atoms with E-state index in [1.54, 1.807) is 6.07 Å². The van der Waals surface area contributed by atoms with Crippen LogP contribution >= 0.6 is 0 Å². The molecular formula is C13H13F6NO2. The number of hydrogen-bond acceptors (Lipinski definition) is 2. The Hall–Kier alpha value is -1.77. The third kappa shape index (κ3) is 4.62. The van der Waals surface area contributed by atoms with Gasteiger partial charge in [0.05, 0.1) is 0 Å². The third-order valence-corrected chi connectivity index (χ3v) is 3.03. The van der Waals surface area contributed by atoms with Crippen molar-refractivity contribution in [2.24, 2.45) is 5.92 Å². The summed E-state index contributed by atoms with van der Waals surface area (Å²) in [5.41, 5.74) is 0.372. The highest BCUT2D eigenvalue weighted by molar-refractivity contribution is 5.74. The number of aliphatic carboxylic acids is 1. The van der Waals surface area contributed by atoms with Crippen LogP contribution in [0.1, 0.15) is 18.5 Å². The van der Waals surface area contributed by atoms with Gasteiger partial charge in [-0.1, -0.05) is 30.3 Å². The van der Waals surface area contributed by atoms with Crippen LogP contribution in [0.15, 0.2) is 30.3 Å². The number of carbonyl (C=O) groups is 1. The highest BCUT2D eigenvalue weighted by Crippen LogP contribution is 2.42. The van der Waals surface area contributed by atoms with Gasteiger partial charge in [0.1, 0.15) is 6.04 Å². The van der Waals surface area contributed by atoms with Crippen LogP contribution in [0.4, 0.5) is 26.3 Å². The lowest BCUT2D eigenvalue weighted by atomic mass is 9.96. The predicted octanol–water partition coefficient (Wildman–Crippen LogP) is 3.53. The number of carboxylic acid groups (broad SMARTS) is 1. The normalized spacial score (nSPS) is 15.6. The molecule has 0 saturated heterocycles. The molecule has 124 valence electrons. The highest BCUT2D eigenvalue weighted by atomic mass is 19.4. The zero-order valence-electron chi connectivity index (χ0n) is 11.2. The molecule has 0 saturated carbocycles. The minimum atomic E-state index is -5.73. The first-order valence-electron chi connectivity index (χ1n) is 6.12. The quantitative estimate of drug-likeness (QED) is 0.813. The molecular weight excluding hydrogens is 316 g/mol. The van der Waals surface area contributed by atoms with E-state index in [0.717, 1.165) is 0 Å². The average Bonchev–Trinajstić information content (AvgIpc) is 2.35. The molecule has 0 spiro atoms. The van der Waals surface area contributed by atoms with Gasteiger partial charge < -0.3 is 5.11 Å². The molecule has 0 heterocycles. The monoisotopic (exact) mass is 329 g/mol. The SMILES string of the molecule is CC(NC(C(=O)O)C(C(F)(F)F)C(F)(F)F)c1ccccc1. The van der Waals surface area contributed by atoms with Gasteiger partial charge in [0, 0.05) is 6.04 Å². The Kier molecular flexibility index (Phi) is 5.44. The van der Waals surface area contributed by atoms with Crippen molar-refractivity contribution in [2.75, 3.05) is 0 Å². The van der Waals surface area contributed by atoms with Crippen LogP contribution in [0, 0.1) is 5.92 Å². The van der Waals surface area contributed by atoms with Gasteiger partial charge in [-0.25, -0.2) is 0 Å². The fourth-order valence-corrected chi connectivity index (χ4v) is 1.98. The number of nitrogens with one attached hydrogen (secondary N) is 1. The summed E-state index contributed by atoms with van der Waals surface area (Å²) in [6.07, 6.45) is -11.5. The summed E-state index contributed by atoms with van der Waals surface area (Å²) >= 11 is 0. The maximum Gasteiger partial charge on any atom is 0.402 e. The van der Waals surface area contributed by atoms with Gasteiger partial charge in [-0.15, -0.1) is 0 Å². The van der Waals surface area contributed by atoms with E-state index in [1.807, 2.05) is 5.32 Å². The van der Waals surface area contributed by atoms with Gasteiger partial charge in [-0.3, -0.25) is 10.1 Å². The maximum absolute atomic E-state index is 12.7. The molecule has 1 rings (SSSR count). The number of benzene rings is 1. The summed E-state index contributed by atoms with van der Waals surface area (Å²) in [4.78, 5) is 10.9. The van der Waals surface area contributed by atoms with Crippen molar-refractivity contribution in [1.29, 1.82) is 0 Å². The van der Waals surface area contributed by atoms with Crippen LogP contribution in [-0.4, -0.2) is 29.5 Å². The van der Waals surface area contributed by atoms with Crippen molar-refractivity contribution in [3.63, 3.8) is 0 Å². The minimum Gasteiger partial charge on any atom is -0.480 e. The summed E-state index contributed by atoms with van der Waals surface area (Å²) in [7, 11) is 0. The first-order chi connectivity index (χ1) is 9.94. The van der Waals surface area contributed by atoms with Crippen LogP contribution < -0.4 is 5.32 Å². The summed E-state index contributed by atoms with van der Waals surface area (Å²) < 4.78 is 75.9. The molecule has 0 aliphatic carbocycles. The van der Waals surface area contributed by atoms with Crippen LogP contribution in [0.5, 0.6) is 0 Å². The molecule has 2 unspecified atom stereocenters. The Morgan fingerprint density at radius 2 is 1.50 bits per heavy atom. The predicted molar refractivity (Wildman–Crippen MR) is 65.0 cm³/mol. The largest absolute Gasteiger partial charge is 0.480 e. The summed E-state index contributed by atoms with van der Waals surface area (Å²) in [6, 6.07) is 3.77. The Balaban J connectivity index is 3.09. The molecule has 0 aromatic heterocycles. The average molecular weight is 329 g/mol. The molecule has 2 N–H and O–H groups in total. The van der Waals surface area contributed by atoms with E-state index < -0.39 is 36.3 Å². The van der Waals surface area contributed by atoms with Gasteiger partial charge >= 0.3 is 18.3 Å². The zero-order valence-corrected chi connectivity index (χ0v) is 11.2. The zero-order chi connectivity index (χ0) is 17.1. The molecule has 0 aliphatic rings. The first-order valence-corrected chi connectivity index (χ1v) is 6.12. The molecule has 9 heteroatoms. The van der Waals surface area contributed by atoms with E-state index in [1.165, 1.54) is 31.2 Å². The van der Waals surface area contributed by atoms with Crippen LogP contribution in [0.2, 0.25) is 0 Å². The van der Waals surface area contributed by atoms with Crippen LogP contribution in [0.3, 0.4) is 0 Å². The second kappa shape index (κ2) is 6.55. The van der Waals surface area contributed by atoms with E-state index in [-0.39, 0.29) is 0 Å². The van der Waals surface area contributed by atoms with E-state index in [2.05, 4.69) is 0 Å². The molecule has 2 atom stereocenters. The minimum absolute atomic E-state index is 0.372. The van der Waals surface area contributed by atoms with E-state index >= 15 is 0 Å². The number of halogens is 6. The van der Waals surface area contributed by atoms with Crippen molar-refractivity contribution in [3.8, 4) is 0 Å². The lowest BCUT2D eigenvalue weighted by molar-refractivity contribution is -0.291. The topological polar surface area (TPSA) is 49.3 Å². The van der Waals surface area contributed by atoms with Crippen LogP contribution in [0.25, 0.3) is 0 Å². The second-order valence-electron chi connectivity index (χ2n) is 4.68. The first kappa shape index (κ1) is 18.3. The second-order valence-corrected chi connectivity index (χ2v) is 4.68. The van der Waals surface area contributed by atoms with Crippen LogP contribution in [-0.2, 0) is 4.79 Å². The molecule has 0 fully saturated rings. The molecule has 0 radical (unpaired) electrons. The standard InChI is InChI=1S/C13H13F6NO2/c1-7(8-5-3-2-4-6-8)20-9(11(21)22)10(12(14,15)16)13(17,18)19/h2-7,9-10,20H,1H3,(H,21,22). The maximum atomic E-state index is 12.7. The Morgan fingerprint density at radius 1 is 1.05 bits per heavy atom. The fraction of sp³-hybridized carbons (Fsp3) is 0.462. The number of carboxylic acids is 1. The number of rotatable bonds is 5. The Bertz CT molecular complexity index is 485. The molecule has 1 aromatic carbocycles. The lowest BCUT2D eigenvalue weighted by Crippen LogP contribution is -2.55. The molecule has 0 bridgehead atoms. The van der Waals surface area contributed by atoms with E-state index in [4.69, 9.17) is 5.11 Å².